The van der Waals surface area contributed by atoms with Gasteiger partial charge in [-0.1, -0.05) is 35.9 Å². The van der Waals surface area contributed by atoms with Gasteiger partial charge in [-0.3, -0.25) is 19.2 Å². The van der Waals surface area contributed by atoms with Gasteiger partial charge in [0.1, 0.15) is 17.6 Å². The highest BCUT2D eigenvalue weighted by atomic mass is 35.5. The molecule has 0 saturated carbocycles. The second-order valence-corrected chi connectivity index (χ2v) is 8.67. The zero-order valence-electron chi connectivity index (χ0n) is 19.3. The summed E-state index contributed by atoms with van der Waals surface area (Å²) in [5.74, 6) is -2.74. The topological polar surface area (TPSA) is 84.0 Å². The van der Waals surface area contributed by atoms with E-state index in [1.54, 1.807) is 18.2 Å². The number of halogens is 2. The minimum absolute atomic E-state index is 0.0659. The molecule has 3 amide bonds. The van der Waals surface area contributed by atoms with Crippen molar-refractivity contribution in [1.82, 2.24) is 4.90 Å². The molecule has 0 radical (unpaired) electrons. The number of rotatable bonds is 7. The lowest BCUT2D eigenvalue weighted by Crippen LogP contribution is -2.46. The van der Waals surface area contributed by atoms with Crippen LogP contribution >= 0.6 is 11.6 Å². The highest BCUT2D eigenvalue weighted by molar-refractivity contribution is 6.30. The Hall–Kier alpha value is -4.04. The SMILES string of the molecule is CC(=O)Oc1ccc(N2C(=O)CC(N(CCc3cccc(Cl)c3)C(=O)c3ccccc3F)C2=O)cc1. The third-order valence-electron chi connectivity index (χ3n) is 5.75. The molecule has 0 aliphatic carbocycles. The Balaban J connectivity index is 1.62. The van der Waals surface area contributed by atoms with Crippen LogP contribution in [-0.2, 0) is 20.8 Å². The Morgan fingerprint density at radius 2 is 1.78 bits per heavy atom. The second kappa shape index (κ2) is 10.7. The first-order valence-electron chi connectivity index (χ1n) is 11.2. The minimum Gasteiger partial charge on any atom is -0.427 e. The Bertz CT molecular complexity index is 1330. The van der Waals surface area contributed by atoms with Gasteiger partial charge in [0.25, 0.3) is 11.8 Å². The molecular formula is C27H22ClFN2O5. The molecule has 4 rings (SSSR count). The number of ether oxygens (including phenoxy) is 1. The summed E-state index contributed by atoms with van der Waals surface area (Å²) in [5.41, 5.74) is 0.910. The molecule has 3 aromatic carbocycles. The maximum atomic E-state index is 14.5. The number of nitrogens with zero attached hydrogens (tertiary/aromatic N) is 2. The fourth-order valence-corrected chi connectivity index (χ4v) is 4.30. The zero-order valence-corrected chi connectivity index (χ0v) is 20.1. The van der Waals surface area contributed by atoms with Crippen LogP contribution < -0.4 is 9.64 Å². The van der Waals surface area contributed by atoms with Crippen molar-refractivity contribution in [2.24, 2.45) is 0 Å². The van der Waals surface area contributed by atoms with Crippen molar-refractivity contribution in [3.8, 4) is 5.75 Å². The fourth-order valence-electron chi connectivity index (χ4n) is 4.09. The van der Waals surface area contributed by atoms with Gasteiger partial charge in [0.15, 0.2) is 0 Å². The van der Waals surface area contributed by atoms with E-state index in [2.05, 4.69) is 0 Å². The van der Waals surface area contributed by atoms with Crippen molar-refractivity contribution in [2.45, 2.75) is 25.8 Å². The number of carbonyl (C=O) groups excluding carboxylic acids is 4. The highest BCUT2D eigenvalue weighted by Crippen LogP contribution is 2.29. The zero-order chi connectivity index (χ0) is 25.8. The summed E-state index contributed by atoms with van der Waals surface area (Å²) >= 11 is 6.07. The standard InChI is InChI=1S/C27H22ClFN2O5/c1-17(32)36-21-11-9-20(10-12-21)31-25(33)16-24(27(31)35)30(14-13-18-5-4-6-19(28)15-18)26(34)22-7-2-3-8-23(22)29/h2-12,15,24H,13-14,16H2,1H3. The highest BCUT2D eigenvalue weighted by Gasteiger charge is 2.44. The summed E-state index contributed by atoms with van der Waals surface area (Å²) in [6.45, 7) is 1.33. The van der Waals surface area contributed by atoms with Gasteiger partial charge in [-0.05, 0) is 60.5 Å². The smallest absolute Gasteiger partial charge is 0.308 e. The van der Waals surface area contributed by atoms with E-state index < -0.39 is 35.5 Å². The Labute approximate surface area is 212 Å². The molecule has 1 atom stereocenters. The molecule has 1 aliphatic rings. The van der Waals surface area contributed by atoms with Crippen LogP contribution in [0.15, 0.2) is 72.8 Å². The number of amides is 3. The molecule has 1 aliphatic heterocycles. The van der Waals surface area contributed by atoms with Gasteiger partial charge in [-0.15, -0.1) is 0 Å². The van der Waals surface area contributed by atoms with Crippen LogP contribution in [0, 0.1) is 5.82 Å². The van der Waals surface area contributed by atoms with Gasteiger partial charge < -0.3 is 9.64 Å². The van der Waals surface area contributed by atoms with Crippen molar-refractivity contribution in [3.63, 3.8) is 0 Å². The monoisotopic (exact) mass is 508 g/mol. The Morgan fingerprint density at radius 3 is 2.44 bits per heavy atom. The van der Waals surface area contributed by atoms with Gasteiger partial charge >= 0.3 is 5.97 Å². The minimum atomic E-state index is -1.11. The molecule has 7 nitrogen and oxygen atoms in total. The van der Waals surface area contributed by atoms with Gasteiger partial charge in [-0.2, -0.15) is 0 Å². The number of imide groups is 1. The predicted octanol–water partition coefficient (Wildman–Crippen LogP) is 4.42. The van der Waals surface area contributed by atoms with Gasteiger partial charge in [-0.25, -0.2) is 9.29 Å². The molecule has 3 aromatic rings. The molecule has 36 heavy (non-hydrogen) atoms. The number of esters is 1. The summed E-state index contributed by atoms with van der Waals surface area (Å²) in [6.07, 6.45) is 0.0933. The lowest BCUT2D eigenvalue weighted by Gasteiger charge is -2.28. The van der Waals surface area contributed by atoms with E-state index in [1.165, 1.54) is 60.4 Å². The van der Waals surface area contributed by atoms with Gasteiger partial charge in [0.2, 0.25) is 5.91 Å². The first kappa shape index (κ1) is 25.1. The number of hydrogen-bond acceptors (Lipinski definition) is 5. The van der Waals surface area contributed by atoms with Crippen molar-refractivity contribution in [1.29, 1.82) is 0 Å². The van der Waals surface area contributed by atoms with Crippen molar-refractivity contribution < 1.29 is 28.3 Å². The molecular weight excluding hydrogens is 487 g/mol. The Kier molecular flexibility index (Phi) is 7.45. The number of benzene rings is 3. The molecule has 184 valence electrons. The first-order chi connectivity index (χ1) is 17.2. The van der Waals surface area contributed by atoms with E-state index >= 15 is 0 Å². The fraction of sp³-hybridized carbons (Fsp3) is 0.185. The van der Waals surface area contributed by atoms with Gasteiger partial charge in [0, 0.05) is 18.5 Å². The summed E-state index contributed by atoms with van der Waals surface area (Å²) < 4.78 is 19.5. The normalized spacial score (nSPS) is 15.2. The number of carbonyl (C=O) groups is 4. The average Bonchev–Trinajstić information content (AvgIpc) is 3.13. The number of hydrogen-bond donors (Lipinski definition) is 0. The largest absolute Gasteiger partial charge is 0.427 e. The lowest BCUT2D eigenvalue weighted by atomic mass is 10.1. The van der Waals surface area contributed by atoms with Crippen LogP contribution in [0.1, 0.15) is 29.3 Å². The summed E-state index contributed by atoms with van der Waals surface area (Å²) in [5, 5.41) is 0.523. The molecule has 1 saturated heterocycles. The van der Waals surface area contributed by atoms with Crippen LogP contribution in [0.25, 0.3) is 0 Å². The second-order valence-electron chi connectivity index (χ2n) is 8.23. The first-order valence-corrected chi connectivity index (χ1v) is 11.6. The molecule has 1 heterocycles. The third kappa shape index (κ3) is 5.44. The summed E-state index contributed by atoms with van der Waals surface area (Å²) in [7, 11) is 0. The van der Waals surface area contributed by atoms with Crippen LogP contribution in [0.5, 0.6) is 5.75 Å². The maximum Gasteiger partial charge on any atom is 0.308 e. The summed E-state index contributed by atoms with van der Waals surface area (Å²) in [6, 6.07) is 17.3. The molecule has 1 unspecified atom stereocenters. The number of anilines is 1. The van der Waals surface area contributed by atoms with Crippen LogP contribution in [0.3, 0.4) is 0 Å². The van der Waals surface area contributed by atoms with Crippen molar-refractivity contribution in [2.75, 3.05) is 11.4 Å². The average molecular weight is 509 g/mol. The molecule has 0 bridgehead atoms. The predicted molar refractivity (Wildman–Crippen MR) is 131 cm³/mol. The summed E-state index contributed by atoms with van der Waals surface area (Å²) in [4.78, 5) is 53.1. The van der Waals surface area contributed by atoms with E-state index in [9.17, 15) is 23.6 Å². The molecule has 0 aromatic heterocycles. The molecule has 9 heteroatoms. The van der Waals surface area contributed by atoms with E-state index in [1.807, 2.05) is 6.07 Å². The molecule has 0 N–H and O–H groups in total. The maximum absolute atomic E-state index is 14.5. The third-order valence-corrected chi connectivity index (χ3v) is 5.99. The van der Waals surface area contributed by atoms with Crippen molar-refractivity contribution in [3.05, 3.63) is 94.8 Å². The van der Waals surface area contributed by atoms with Crippen LogP contribution in [-0.4, -0.2) is 41.2 Å². The molecule has 1 fully saturated rings. The van der Waals surface area contributed by atoms with E-state index in [0.717, 1.165) is 10.5 Å². The van der Waals surface area contributed by atoms with E-state index in [0.29, 0.717) is 11.4 Å². The quantitative estimate of drug-likeness (QED) is 0.268. The lowest BCUT2D eigenvalue weighted by molar-refractivity contribution is -0.132. The van der Waals surface area contributed by atoms with Crippen LogP contribution in [0.2, 0.25) is 5.02 Å². The van der Waals surface area contributed by atoms with Gasteiger partial charge in [0.05, 0.1) is 17.7 Å². The Morgan fingerprint density at radius 1 is 1.06 bits per heavy atom. The van der Waals surface area contributed by atoms with Crippen molar-refractivity contribution >= 4 is 41.0 Å². The van der Waals surface area contributed by atoms with E-state index in [-0.39, 0.29) is 30.0 Å². The van der Waals surface area contributed by atoms with E-state index in [4.69, 9.17) is 16.3 Å². The molecule has 0 spiro atoms. The van der Waals surface area contributed by atoms with Crippen LogP contribution in [0.4, 0.5) is 10.1 Å².